The topological polar surface area (TPSA) is 17.0 Å². The van der Waals surface area contributed by atoms with E-state index in [1.807, 2.05) is 7.05 Å². The molecule has 2 aromatic carbocycles. The minimum absolute atomic E-state index is 0.907. The maximum Gasteiger partial charge on any atom is 0.0486 e. The van der Waals surface area contributed by atoms with E-state index in [2.05, 4.69) is 72.4 Å². The lowest BCUT2D eigenvalue weighted by Crippen LogP contribution is -2.05. The highest BCUT2D eigenvalue weighted by Crippen LogP contribution is 2.23. The first-order valence-corrected chi connectivity index (χ1v) is 7.47. The minimum Gasteiger partial charge on any atom is -0.343 e. The SMILES string of the molecule is CNCc1cccc2c1ccn2Cc1c(C)cccc1C. The summed E-state index contributed by atoms with van der Waals surface area (Å²) in [6.45, 7) is 6.23. The number of aromatic nitrogens is 1. The summed E-state index contributed by atoms with van der Waals surface area (Å²) in [4.78, 5) is 0. The van der Waals surface area contributed by atoms with Crippen molar-refractivity contribution < 1.29 is 0 Å². The second-order valence-corrected chi connectivity index (χ2v) is 5.69. The van der Waals surface area contributed by atoms with Gasteiger partial charge in [-0.05, 0) is 55.3 Å². The molecule has 0 amide bonds. The molecule has 0 aliphatic carbocycles. The Morgan fingerprint density at radius 2 is 1.67 bits per heavy atom. The molecule has 0 unspecified atom stereocenters. The Bertz CT molecular complexity index is 748. The summed E-state index contributed by atoms with van der Waals surface area (Å²) in [5, 5.41) is 4.59. The smallest absolute Gasteiger partial charge is 0.0486 e. The van der Waals surface area contributed by atoms with Gasteiger partial charge in [0.1, 0.15) is 0 Å². The highest BCUT2D eigenvalue weighted by Gasteiger charge is 2.08. The fourth-order valence-electron chi connectivity index (χ4n) is 3.04. The second kappa shape index (κ2) is 5.74. The molecule has 0 aliphatic heterocycles. The molecule has 0 aliphatic rings. The van der Waals surface area contributed by atoms with Crippen LogP contribution in [-0.4, -0.2) is 11.6 Å². The predicted octanol–water partition coefficient (Wildman–Crippen LogP) is 4.03. The number of aryl methyl sites for hydroxylation is 2. The number of nitrogens with zero attached hydrogens (tertiary/aromatic N) is 1. The van der Waals surface area contributed by atoms with E-state index in [1.54, 1.807) is 0 Å². The fraction of sp³-hybridized carbons (Fsp3) is 0.263. The Morgan fingerprint density at radius 3 is 2.38 bits per heavy atom. The van der Waals surface area contributed by atoms with Gasteiger partial charge in [0.15, 0.2) is 0 Å². The Kier molecular flexibility index (Phi) is 3.80. The zero-order chi connectivity index (χ0) is 14.8. The van der Waals surface area contributed by atoms with E-state index in [-0.39, 0.29) is 0 Å². The van der Waals surface area contributed by atoms with Crippen LogP contribution in [-0.2, 0) is 13.1 Å². The molecule has 1 N–H and O–H groups in total. The highest BCUT2D eigenvalue weighted by molar-refractivity contribution is 5.83. The van der Waals surface area contributed by atoms with Gasteiger partial charge in [-0.15, -0.1) is 0 Å². The molecule has 0 atom stereocenters. The van der Waals surface area contributed by atoms with Crippen molar-refractivity contribution >= 4 is 10.9 Å². The van der Waals surface area contributed by atoms with Crippen LogP contribution in [0.4, 0.5) is 0 Å². The lowest BCUT2D eigenvalue weighted by atomic mass is 10.0. The number of rotatable bonds is 4. The van der Waals surface area contributed by atoms with Crippen LogP contribution in [0.15, 0.2) is 48.7 Å². The average Bonchev–Trinajstić information content (AvgIpc) is 2.88. The van der Waals surface area contributed by atoms with Crippen molar-refractivity contribution in [3.8, 4) is 0 Å². The normalized spacial score (nSPS) is 11.2. The molecule has 21 heavy (non-hydrogen) atoms. The monoisotopic (exact) mass is 278 g/mol. The largest absolute Gasteiger partial charge is 0.343 e. The first-order valence-electron chi connectivity index (χ1n) is 7.47. The van der Waals surface area contributed by atoms with Gasteiger partial charge in [0, 0.05) is 30.2 Å². The van der Waals surface area contributed by atoms with E-state index in [0.29, 0.717) is 0 Å². The van der Waals surface area contributed by atoms with E-state index >= 15 is 0 Å². The standard InChI is InChI=1S/C19H22N2/c1-14-6-4-7-15(2)18(14)13-21-11-10-17-16(12-20-3)8-5-9-19(17)21/h4-11,20H,12-13H2,1-3H3. The van der Waals surface area contributed by atoms with Gasteiger partial charge in [-0.25, -0.2) is 0 Å². The molecule has 0 saturated heterocycles. The van der Waals surface area contributed by atoms with Crippen molar-refractivity contribution in [3.05, 3.63) is 70.9 Å². The molecule has 0 radical (unpaired) electrons. The van der Waals surface area contributed by atoms with Crippen LogP contribution in [0.1, 0.15) is 22.3 Å². The van der Waals surface area contributed by atoms with Gasteiger partial charge < -0.3 is 9.88 Å². The Morgan fingerprint density at radius 1 is 0.952 bits per heavy atom. The third kappa shape index (κ3) is 2.59. The maximum atomic E-state index is 3.24. The van der Waals surface area contributed by atoms with Crippen molar-refractivity contribution in [1.29, 1.82) is 0 Å². The molecule has 1 aromatic heterocycles. The summed E-state index contributed by atoms with van der Waals surface area (Å²) in [5.41, 5.74) is 6.82. The van der Waals surface area contributed by atoms with E-state index in [1.165, 1.54) is 33.2 Å². The van der Waals surface area contributed by atoms with Gasteiger partial charge in [0.2, 0.25) is 0 Å². The quantitative estimate of drug-likeness (QED) is 0.762. The maximum absolute atomic E-state index is 3.24. The summed E-state index contributed by atoms with van der Waals surface area (Å²) in [7, 11) is 1.99. The fourth-order valence-corrected chi connectivity index (χ4v) is 3.04. The third-order valence-electron chi connectivity index (χ3n) is 4.24. The van der Waals surface area contributed by atoms with E-state index in [9.17, 15) is 0 Å². The number of fused-ring (bicyclic) bond motifs is 1. The molecule has 108 valence electrons. The molecule has 0 saturated carbocycles. The van der Waals surface area contributed by atoms with Gasteiger partial charge in [-0.3, -0.25) is 0 Å². The first kappa shape index (κ1) is 13.9. The van der Waals surface area contributed by atoms with Gasteiger partial charge in [0.05, 0.1) is 0 Å². The van der Waals surface area contributed by atoms with E-state index in [4.69, 9.17) is 0 Å². The molecule has 3 rings (SSSR count). The van der Waals surface area contributed by atoms with Crippen LogP contribution in [0.2, 0.25) is 0 Å². The molecular formula is C19H22N2. The van der Waals surface area contributed by atoms with Crippen molar-refractivity contribution in [1.82, 2.24) is 9.88 Å². The first-order chi connectivity index (χ1) is 10.2. The van der Waals surface area contributed by atoms with Crippen molar-refractivity contribution in [2.24, 2.45) is 0 Å². The molecular weight excluding hydrogens is 256 g/mol. The summed E-state index contributed by atoms with van der Waals surface area (Å²) >= 11 is 0. The molecule has 0 spiro atoms. The second-order valence-electron chi connectivity index (χ2n) is 5.69. The minimum atomic E-state index is 0.907. The summed E-state index contributed by atoms with van der Waals surface area (Å²) in [6.07, 6.45) is 2.20. The van der Waals surface area contributed by atoms with Crippen LogP contribution < -0.4 is 5.32 Å². The Labute approximate surface area is 126 Å². The van der Waals surface area contributed by atoms with E-state index in [0.717, 1.165) is 13.1 Å². The van der Waals surface area contributed by atoms with Crippen molar-refractivity contribution in [2.45, 2.75) is 26.9 Å². The highest BCUT2D eigenvalue weighted by atomic mass is 15.0. The summed E-state index contributed by atoms with van der Waals surface area (Å²) in [6, 6.07) is 15.3. The summed E-state index contributed by atoms with van der Waals surface area (Å²) < 4.78 is 2.35. The molecule has 1 heterocycles. The summed E-state index contributed by atoms with van der Waals surface area (Å²) in [5.74, 6) is 0. The van der Waals surface area contributed by atoms with Crippen molar-refractivity contribution in [2.75, 3.05) is 7.05 Å². The van der Waals surface area contributed by atoms with Crippen LogP contribution in [0.3, 0.4) is 0 Å². The van der Waals surface area contributed by atoms with Gasteiger partial charge in [0.25, 0.3) is 0 Å². The zero-order valence-corrected chi connectivity index (χ0v) is 13.0. The van der Waals surface area contributed by atoms with Crippen LogP contribution in [0.5, 0.6) is 0 Å². The van der Waals surface area contributed by atoms with Crippen LogP contribution in [0, 0.1) is 13.8 Å². The molecule has 3 aromatic rings. The zero-order valence-electron chi connectivity index (χ0n) is 13.0. The Hall–Kier alpha value is -2.06. The lowest BCUT2D eigenvalue weighted by Gasteiger charge is -2.12. The number of hydrogen-bond donors (Lipinski definition) is 1. The average molecular weight is 278 g/mol. The third-order valence-corrected chi connectivity index (χ3v) is 4.24. The Balaban J connectivity index is 2.04. The van der Waals surface area contributed by atoms with Crippen LogP contribution >= 0.6 is 0 Å². The lowest BCUT2D eigenvalue weighted by molar-refractivity contribution is 0.817. The van der Waals surface area contributed by atoms with Crippen LogP contribution in [0.25, 0.3) is 10.9 Å². The van der Waals surface area contributed by atoms with Gasteiger partial charge >= 0.3 is 0 Å². The number of benzene rings is 2. The molecule has 0 fully saturated rings. The van der Waals surface area contributed by atoms with Crippen molar-refractivity contribution in [3.63, 3.8) is 0 Å². The molecule has 0 bridgehead atoms. The predicted molar refractivity (Wildman–Crippen MR) is 89.7 cm³/mol. The number of nitrogens with one attached hydrogen (secondary N) is 1. The van der Waals surface area contributed by atoms with Gasteiger partial charge in [-0.1, -0.05) is 30.3 Å². The van der Waals surface area contributed by atoms with Gasteiger partial charge in [-0.2, -0.15) is 0 Å². The molecule has 2 heteroatoms. The van der Waals surface area contributed by atoms with E-state index < -0.39 is 0 Å². The molecule has 2 nitrogen and oxygen atoms in total. The number of hydrogen-bond acceptors (Lipinski definition) is 1.